The zero-order valence-corrected chi connectivity index (χ0v) is 12.7. The van der Waals surface area contributed by atoms with Gasteiger partial charge < -0.3 is 10.1 Å². The van der Waals surface area contributed by atoms with E-state index < -0.39 is 0 Å². The van der Waals surface area contributed by atoms with Gasteiger partial charge in [0, 0.05) is 32.3 Å². The van der Waals surface area contributed by atoms with E-state index in [4.69, 9.17) is 4.74 Å². The number of hydrogen-bond donors (Lipinski definition) is 1. The molecule has 3 unspecified atom stereocenters. The van der Waals surface area contributed by atoms with Gasteiger partial charge in [0.2, 0.25) is 0 Å². The summed E-state index contributed by atoms with van der Waals surface area (Å²) in [6.45, 7) is 14.6. The first-order valence-corrected chi connectivity index (χ1v) is 7.73. The highest BCUT2D eigenvalue weighted by Gasteiger charge is 2.17. The number of rotatable bonds is 9. The van der Waals surface area contributed by atoms with Crippen LogP contribution < -0.4 is 5.32 Å². The van der Waals surface area contributed by atoms with Crippen molar-refractivity contribution >= 4 is 0 Å². The van der Waals surface area contributed by atoms with Crippen LogP contribution in [-0.4, -0.2) is 49.8 Å². The predicted octanol–water partition coefficient (Wildman–Crippen LogP) is 2.51. The first-order valence-electron chi connectivity index (χ1n) is 7.73. The lowest BCUT2D eigenvalue weighted by Crippen LogP contribution is -2.43. The van der Waals surface area contributed by atoms with Crippen molar-refractivity contribution in [3.8, 4) is 0 Å². The summed E-state index contributed by atoms with van der Waals surface area (Å²) in [4.78, 5) is 2.58. The van der Waals surface area contributed by atoms with Crippen LogP contribution >= 0.6 is 0 Å². The van der Waals surface area contributed by atoms with E-state index in [1.807, 2.05) is 0 Å². The second kappa shape index (κ2) is 8.89. The molecule has 0 aromatic heterocycles. The minimum Gasteiger partial charge on any atom is -0.377 e. The number of likely N-dealkylation sites (N-methyl/N-ethyl adjacent to an activating group) is 1. The van der Waals surface area contributed by atoms with Gasteiger partial charge in [-0.25, -0.2) is 0 Å². The fourth-order valence-electron chi connectivity index (χ4n) is 2.54. The molecule has 1 N–H and O–H groups in total. The molecule has 1 heterocycles. The highest BCUT2D eigenvalue weighted by Crippen LogP contribution is 2.11. The van der Waals surface area contributed by atoms with E-state index in [0.717, 1.165) is 32.2 Å². The van der Waals surface area contributed by atoms with Gasteiger partial charge in [0.05, 0.1) is 6.10 Å². The highest BCUT2D eigenvalue weighted by molar-refractivity contribution is 4.73. The Bertz CT molecular complexity index is 205. The van der Waals surface area contributed by atoms with E-state index in [1.165, 1.54) is 25.8 Å². The van der Waals surface area contributed by atoms with Crippen LogP contribution in [0, 0.1) is 5.92 Å². The van der Waals surface area contributed by atoms with Crippen LogP contribution in [0.5, 0.6) is 0 Å². The quantitative estimate of drug-likeness (QED) is 0.686. The summed E-state index contributed by atoms with van der Waals surface area (Å²) in [7, 11) is 0. The van der Waals surface area contributed by atoms with E-state index in [9.17, 15) is 0 Å². The molecule has 3 atom stereocenters. The number of nitrogens with one attached hydrogen (secondary N) is 1. The fourth-order valence-corrected chi connectivity index (χ4v) is 2.54. The SMILES string of the molecule is CCC(C)CN(CC)C(C)CNCC1CCCO1. The van der Waals surface area contributed by atoms with E-state index >= 15 is 0 Å². The summed E-state index contributed by atoms with van der Waals surface area (Å²) in [6, 6.07) is 0.616. The third-order valence-electron chi connectivity index (χ3n) is 4.11. The maximum Gasteiger partial charge on any atom is 0.0700 e. The van der Waals surface area contributed by atoms with Gasteiger partial charge in [-0.1, -0.05) is 27.2 Å². The zero-order chi connectivity index (χ0) is 13.4. The number of ether oxygens (including phenoxy) is 1. The molecule has 0 amide bonds. The molecule has 3 heteroatoms. The molecule has 1 aliphatic rings. The van der Waals surface area contributed by atoms with Crippen LogP contribution in [0.3, 0.4) is 0 Å². The second-order valence-corrected chi connectivity index (χ2v) is 5.74. The average molecular weight is 256 g/mol. The number of nitrogens with zero attached hydrogens (tertiary/aromatic N) is 1. The summed E-state index contributed by atoms with van der Waals surface area (Å²) in [5.41, 5.74) is 0. The van der Waals surface area contributed by atoms with Gasteiger partial charge in [-0.15, -0.1) is 0 Å². The van der Waals surface area contributed by atoms with E-state index in [2.05, 4.69) is 37.9 Å². The molecular formula is C15H32N2O. The van der Waals surface area contributed by atoms with Crippen molar-refractivity contribution in [2.24, 2.45) is 5.92 Å². The predicted molar refractivity (Wildman–Crippen MR) is 78.0 cm³/mol. The second-order valence-electron chi connectivity index (χ2n) is 5.74. The Morgan fingerprint density at radius 3 is 2.67 bits per heavy atom. The van der Waals surface area contributed by atoms with Crippen LogP contribution in [0.15, 0.2) is 0 Å². The largest absolute Gasteiger partial charge is 0.377 e. The van der Waals surface area contributed by atoms with Crippen LogP contribution in [-0.2, 0) is 4.74 Å². The molecule has 0 aliphatic carbocycles. The monoisotopic (exact) mass is 256 g/mol. The van der Waals surface area contributed by atoms with E-state index in [-0.39, 0.29) is 0 Å². The average Bonchev–Trinajstić information content (AvgIpc) is 2.88. The molecule has 1 rings (SSSR count). The fraction of sp³-hybridized carbons (Fsp3) is 1.00. The van der Waals surface area contributed by atoms with Crippen LogP contribution in [0.25, 0.3) is 0 Å². The normalized spacial score (nSPS) is 23.5. The minimum absolute atomic E-state index is 0.460. The van der Waals surface area contributed by atoms with Gasteiger partial charge in [0.1, 0.15) is 0 Å². The summed E-state index contributed by atoms with van der Waals surface area (Å²) in [6.07, 6.45) is 4.19. The molecule has 0 saturated carbocycles. The summed E-state index contributed by atoms with van der Waals surface area (Å²) in [5, 5.41) is 3.57. The lowest BCUT2D eigenvalue weighted by atomic mass is 10.1. The van der Waals surface area contributed by atoms with Gasteiger partial charge in [0.25, 0.3) is 0 Å². The topological polar surface area (TPSA) is 24.5 Å². The lowest BCUT2D eigenvalue weighted by molar-refractivity contribution is 0.106. The molecule has 108 valence electrons. The highest BCUT2D eigenvalue weighted by atomic mass is 16.5. The van der Waals surface area contributed by atoms with Crippen molar-refractivity contribution in [3.05, 3.63) is 0 Å². The number of hydrogen-bond acceptors (Lipinski definition) is 3. The Balaban J connectivity index is 2.17. The summed E-state index contributed by atoms with van der Waals surface area (Å²) >= 11 is 0. The van der Waals surface area contributed by atoms with Crippen LogP contribution in [0.4, 0.5) is 0 Å². The van der Waals surface area contributed by atoms with Crippen molar-refractivity contribution in [1.29, 1.82) is 0 Å². The molecule has 0 aromatic rings. The van der Waals surface area contributed by atoms with Crippen LogP contribution in [0.2, 0.25) is 0 Å². The molecule has 1 aliphatic heterocycles. The smallest absolute Gasteiger partial charge is 0.0700 e. The maximum atomic E-state index is 5.63. The molecule has 1 fully saturated rings. The van der Waals surface area contributed by atoms with Gasteiger partial charge in [0.15, 0.2) is 0 Å². The molecule has 0 aromatic carbocycles. The van der Waals surface area contributed by atoms with Crippen LogP contribution in [0.1, 0.15) is 47.0 Å². The minimum atomic E-state index is 0.460. The maximum absolute atomic E-state index is 5.63. The molecule has 0 bridgehead atoms. The summed E-state index contributed by atoms with van der Waals surface area (Å²) in [5.74, 6) is 0.797. The first kappa shape index (κ1) is 15.9. The van der Waals surface area contributed by atoms with Crippen molar-refractivity contribution < 1.29 is 4.74 Å². The molecule has 0 spiro atoms. The van der Waals surface area contributed by atoms with Gasteiger partial charge in [-0.05, 0) is 32.2 Å². The zero-order valence-electron chi connectivity index (χ0n) is 12.7. The van der Waals surface area contributed by atoms with E-state index in [0.29, 0.717) is 12.1 Å². The standard InChI is InChI=1S/C15H32N2O/c1-5-13(3)12-17(6-2)14(4)10-16-11-15-8-7-9-18-15/h13-16H,5-12H2,1-4H3. The van der Waals surface area contributed by atoms with Crippen molar-refractivity contribution in [2.45, 2.75) is 59.1 Å². The molecule has 1 saturated heterocycles. The van der Waals surface area contributed by atoms with Crippen molar-refractivity contribution in [2.75, 3.05) is 32.8 Å². The van der Waals surface area contributed by atoms with Gasteiger partial charge >= 0.3 is 0 Å². The van der Waals surface area contributed by atoms with Crippen molar-refractivity contribution in [3.63, 3.8) is 0 Å². The first-order chi connectivity index (χ1) is 8.67. The Kier molecular flexibility index (Phi) is 7.87. The van der Waals surface area contributed by atoms with Gasteiger partial charge in [-0.3, -0.25) is 4.90 Å². The lowest BCUT2D eigenvalue weighted by Gasteiger charge is -2.30. The third-order valence-corrected chi connectivity index (χ3v) is 4.11. The molecule has 0 radical (unpaired) electrons. The van der Waals surface area contributed by atoms with Crippen molar-refractivity contribution in [1.82, 2.24) is 10.2 Å². The molecular weight excluding hydrogens is 224 g/mol. The Hall–Kier alpha value is -0.120. The molecule has 3 nitrogen and oxygen atoms in total. The third kappa shape index (κ3) is 5.68. The van der Waals surface area contributed by atoms with E-state index in [1.54, 1.807) is 0 Å². The molecule has 18 heavy (non-hydrogen) atoms. The Morgan fingerprint density at radius 2 is 2.11 bits per heavy atom. The Morgan fingerprint density at radius 1 is 1.33 bits per heavy atom. The summed E-state index contributed by atoms with van der Waals surface area (Å²) < 4.78 is 5.63. The Labute approximate surface area is 113 Å². The van der Waals surface area contributed by atoms with Gasteiger partial charge in [-0.2, -0.15) is 0 Å².